The van der Waals surface area contributed by atoms with Gasteiger partial charge in [0.15, 0.2) is 0 Å². The van der Waals surface area contributed by atoms with Crippen molar-refractivity contribution in [1.29, 1.82) is 0 Å². The van der Waals surface area contributed by atoms with Gasteiger partial charge >= 0.3 is 5.97 Å². The zero-order valence-electron chi connectivity index (χ0n) is 13.7. The molecule has 1 aromatic rings. The number of carboxylic acid groups (broad SMARTS) is 1. The molecule has 0 heterocycles. The predicted octanol–water partition coefficient (Wildman–Crippen LogP) is 2.40. The highest BCUT2D eigenvalue weighted by atomic mass is 32.2. The molecule has 2 atom stereocenters. The molecule has 0 saturated heterocycles. The monoisotopic (exact) mass is 355 g/mol. The van der Waals surface area contributed by atoms with Crippen molar-refractivity contribution in [1.82, 2.24) is 0 Å². The van der Waals surface area contributed by atoms with Crippen molar-refractivity contribution in [2.24, 2.45) is 16.7 Å². The van der Waals surface area contributed by atoms with E-state index in [1.54, 1.807) is 20.8 Å². The van der Waals surface area contributed by atoms with Crippen LogP contribution >= 0.6 is 0 Å². The number of carbonyl (C=O) groups excluding carboxylic acids is 1. The molecule has 1 amide bonds. The molecule has 8 heteroatoms. The maximum absolute atomic E-state index is 12.7. The Morgan fingerprint density at radius 2 is 1.71 bits per heavy atom. The number of rotatable bonds is 4. The van der Waals surface area contributed by atoms with E-state index in [-0.39, 0.29) is 10.8 Å². The van der Waals surface area contributed by atoms with E-state index in [9.17, 15) is 23.1 Å². The molecule has 0 bridgehead atoms. The summed E-state index contributed by atoms with van der Waals surface area (Å²) in [6.45, 7) is 5.30. The fourth-order valence-electron chi connectivity index (χ4n) is 3.32. The van der Waals surface area contributed by atoms with Crippen molar-refractivity contribution in [3.05, 3.63) is 24.3 Å². The van der Waals surface area contributed by atoms with Gasteiger partial charge in [-0.2, -0.15) is 8.42 Å². The Kier molecular flexibility index (Phi) is 4.49. The topological polar surface area (TPSA) is 121 Å². The minimum Gasteiger partial charge on any atom is -0.481 e. The van der Waals surface area contributed by atoms with Crippen molar-refractivity contribution in [3.8, 4) is 0 Å². The zero-order valence-corrected chi connectivity index (χ0v) is 14.6. The molecule has 0 aliphatic heterocycles. The highest BCUT2D eigenvalue weighted by Crippen LogP contribution is 2.56. The SMILES string of the molecule is CC1(C(=O)Nc2ccc(S(=O)(=O)O)cc2)CCC(C(=O)O)C1(C)C. The Morgan fingerprint density at radius 1 is 1.17 bits per heavy atom. The first-order chi connectivity index (χ1) is 10.9. The fourth-order valence-corrected chi connectivity index (χ4v) is 3.80. The van der Waals surface area contributed by atoms with Crippen LogP contribution in [0.1, 0.15) is 33.6 Å². The number of hydrogen-bond acceptors (Lipinski definition) is 4. The van der Waals surface area contributed by atoms with Crippen LogP contribution < -0.4 is 5.32 Å². The quantitative estimate of drug-likeness (QED) is 0.713. The van der Waals surface area contributed by atoms with Gasteiger partial charge in [0.1, 0.15) is 0 Å². The van der Waals surface area contributed by atoms with Gasteiger partial charge in [-0.25, -0.2) is 0 Å². The number of carboxylic acids is 1. The molecule has 1 fully saturated rings. The van der Waals surface area contributed by atoms with Crippen LogP contribution in [0.2, 0.25) is 0 Å². The molecular formula is C16H21NO6S. The summed E-state index contributed by atoms with van der Waals surface area (Å²) in [6, 6.07) is 5.13. The number of nitrogens with one attached hydrogen (secondary N) is 1. The average molecular weight is 355 g/mol. The number of anilines is 1. The predicted molar refractivity (Wildman–Crippen MR) is 87.1 cm³/mol. The first-order valence-electron chi connectivity index (χ1n) is 7.51. The van der Waals surface area contributed by atoms with Crippen LogP contribution in [0.4, 0.5) is 5.69 Å². The maximum Gasteiger partial charge on any atom is 0.307 e. The van der Waals surface area contributed by atoms with Gasteiger partial charge in [0.25, 0.3) is 10.1 Å². The molecule has 1 aliphatic rings. The molecule has 7 nitrogen and oxygen atoms in total. The average Bonchev–Trinajstić information content (AvgIpc) is 2.70. The molecule has 0 radical (unpaired) electrons. The van der Waals surface area contributed by atoms with Gasteiger partial charge in [-0.15, -0.1) is 0 Å². The highest BCUT2D eigenvalue weighted by molar-refractivity contribution is 7.85. The van der Waals surface area contributed by atoms with E-state index < -0.39 is 32.8 Å². The molecule has 1 aromatic carbocycles. The maximum atomic E-state index is 12.7. The van der Waals surface area contributed by atoms with Crippen LogP contribution in [0, 0.1) is 16.7 Å². The van der Waals surface area contributed by atoms with E-state index in [1.165, 1.54) is 24.3 Å². The van der Waals surface area contributed by atoms with E-state index in [4.69, 9.17) is 4.55 Å². The van der Waals surface area contributed by atoms with Gasteiger partial charge < -0.3 is 10.4 Å². The number of amides is 1. The summed E-state index contributed by atoms with van der Waals surface area (Å²) in [5, 5.41) is 12.1. The summed E-state index contributed by atoms with van der Waals surface area (Å²) < 4.78 is 31.0. The van der Waals surface area contributed by atoms with Crippen molar-refractivity contribution in [2.45, 2.75) is 38.5 Å². The largest absolute Gasteiger partial charge is 0.481 e. The Morgan fingerprint density at radius 3 is 2.12 bits per heavy atom. The van der Waals surface area contributed by atoms with Crippen LogP contribution in [0.5, 0.6) is 0 Å². The minimum absolute atomic E-state index is 0.265. The van der Waals surface area contributed by atoms with Crippen LogP contribution in [0.25, 0.3) is 0 Å². The van der Waals surface area contributed by atoms with Gasteiger partial charge in [0.05, 0.1) is 16.2 Å². The second-order valence-electron chi connectivity index (χ2n) is 6.94. The lowest BCUT2D eigenvalue weighted by atomic mass is 9.65. The summed E-state index contributed by atoms with van der Waals surface area (Å²) in [7, 11) is -4.29. The molecular weight excluding hydrogens is 334 g/mol. The lowest BCUT2D eigenvalue weighted by Gasteiger charge is -2.39. The van der Waals surface area contributed by atoms with E-state index >= 15 is 0 Å². The van der Waals surface area contributed by atoms with Crippen LogP contribution in [-0.2, 0) is 19.7 Å². The summed E-state index contributed by atoms with van der Waals surface area (Å²) in [5.41, 5.74) is -1.21. The van der Waals surface area contributed by atoms with Crippen LogP contribution in [0.3, 0.4) is 0 Å². The van der Waals surface area contributed by atoms with Crippen molar-refractivity contribution < 1.29 is 27.7 Å². The van der Waals surface area contributed by atoms with Crippen molar-refractivity contribution in [2.75, 3.05) is 5.32 Å². The second kappa shape index (κ2) is 5.86. The Hall–Kier alpha value is -1.93. The molecule has 132 valence electrons. The van der Waals surface area contributed by atoms with Gasteiger partial charge in [-0.05, 0) is 42.5 Å². The molecule has 2 unspecified atom stereocenters. The third kappa shape index (κ3) is 3.03. The smallest absolute Gasteiger partial charge is 0.307 e. The lowest BCUT2D eigenvalue weighted by molar-refractivity contribution is -0.147. The summed E-state index contributed by atoms with van der Waals surface area (Å²) in [4.78, 5) is 23.9. The third-order valence-electron chi connectivity index (χ3n) is 5.44. The minimum atomic E-state index is -4.29. The van der Waals surface area contributed by atoms with E-state index in [0.717, 1.165) is 0 Å². The second-order valence-corrected chi connectivity index (χ2v) is 8.36. The number of benzene rings is 1. The molecule has 24 heavy (non-hydrogen) atoms. The fraction of sp³-hybridized carbons (Fsp3) is 0.500. The molecule has 2 rings (SSSR count). The summed E-state index contributed by atoms with van der Waals surface area (Å²) in [5.74, 6) is -1.82. The molecule has 0 spiro atoms. The Labute approximate surface area is 140 Å². The summed E-state index contributed by atoms with van der Waals surface area (Å²) >= 11 is 0. The highest BCUT2D eigenvalue weighted by Gasteiger charge is 2.58. The normalized spacial score (nSPS) is 26.1. The van der Waals surface area contributed by atoms with Gasteiger partial charge in [-0.1, -0.05) is 20.8 Å². The molecule has 1 saturated carbocycles. The van der Waals surface area contributed by atoms with E-state index in [2.05, 4.69) is 5.32 Å². The Bertz CT molecular complexity index is 768. The van der Waals surface area contributed by atoms with E-state index in [1.807, 2.05) is 0 Å². The number of carbonyl (C=O) groups is 2. The molecule has 0 aromatic heterocycles. The van der Waals surface area contributed by atoms with Crippen molar-refractivity contribution in [3.63, 3.8) is 0 Å². The van der Waals surface area contributed by atoms with Crippen LogP contribution in [-0.4, -0.2) is 30.0 Å². The van der Waals surface area contributed by atoms with Crippen LogP contribution in [0.15, 0.2) is 29.2 Å². The number of hydrogen-bond donors (Lipinski definition) is 3. The van der Waals surface area contributed by atoms with Crippen molar-refractivity contribution >= 4 is 27.7 Å². The Balaban J connectivity index is 2.22. The van der Waals surface area contributed by atoms with Gasteiger partial charge in [0.2, 0.25) is 5.91 Å². The van der Waals surface area contributed by atoms with Gasteiger partial charge in [-0.3, -0.25) is 14.1 Å². The third-order valence-corrected chi connectivity index (χ3v) is 6.30. The first-order valence-corrected chi connectivity index (χ1v) is 8.95. The molecule has 3 N–H and O–H groups in total. The first kappa shape index (κ1) is 18.4. The lowest BCUT2D eigenvalue weighted by Crippen LogP contribution is -2.45. The van der Waals surface area contributed by atoms with E-state index in [0.29, 0.717) is 18.5 Å². The van der Waals surface area contributed by atoms with Gasteiger partial charge in [0, 0.05) is 5.69 Å². The standard InChI is InChI=1S/C16H21NO6S/c1-15(2)12(13(18)19)8-9-16(15,3)14(20)17-10-4-6-11(7-5-10)24(21,22)23/h4-7,12H,8-9H2,1-3H3,(H,17,20)(H,18,19)(H,21,22,23). The number of aliphatic carboxylic acids is 1. The summed E-state index contributed by atoms with van der Waals surface area (Å²) in [6.07, 6.45) is 0.875. The zero-order chi connectivity index (χ0) is 18.3. The molecule has 1 aliphatic carbocycles.